The van der Waals surface area contributed by atoms with Gasteiger partial charge in [0, 0.05) is 0 Å². The Morgan fingerprint density at radius 3 is 2.12 bits per heavy atom. The molecule has 2 rings (SSSR count). The van der Waals surface area contributed by atoms with Gasteiger partial charge in [-0.3, -0.25) is 9.59 Å². The quantitative estimate of drug-likeness (QED) is 0.744. The number of carbonyl (C=O) groups is 2. The third-order valence-corrected chi connectivity index (χ3v) is 3.51. The zero-order chi connectivity index (χ0) is 13.0. The lowest BCUT2D eigenvalue weighted by Crippen LogP contribution is -2.37. The van der Waals surface area contributed by atoms with Crippen LogP contribution in [0.15, 0.2) is 34.9 Å². The SMILES string of the molecule is CC(=O)C1(C(=O)O)C2=CC(C(C)(C)C)=C1C=C2. The number of aliphatic carboxylic acids is 1. The Morgan fingerprint density at radius 2 is 1.82 bits per heavy atom. The number of carboxylic acid groups (broad SMARTS) is 1. The van der Waals surface area contributed by atoms with Gasteiger partial charge in [-0.2, -0.15) is 0 Å². The van der Waals surface area contributed by atoms with Gasteiger partial charge in [0.2, 0.25) is 0 Å². The third kappa shape index (κ3) is 1.28. The maximum atomic E-state index is 11.8. The number of Topliss-reactive ketones (excluding diaryl/α,β-unsaturated/α-hetero) is 1. The molecule has 0 aromatic carbocycles. The van der Waals surface area contributed by atoms with Crippen LogP contribution in [0.3, 0.4) is 0 Å². The number of allylic oxidation sites excluding steroid dienone is 4. The summed E-state index contributed by atoms with van der Waals surface area (Å²) in [4.78, 5) is 23.4. The lowest BCUT2D eigenvalue weighted by Gasteiger charge is -2.25. The van der Waals surface area contributed by atoms with Crippen LogP contribution in [0.25, 0.3) is 0 Å². The number of ketones is 1. The molecule has 1 N–H and O–H groups in total. The molecule has 0 aromatic rings. The topological polar surface area (TPSA) is 54.4 Å². The average molecular weight is 232 g/mol. The monoisotopic (exact) mass is 232 g/mol. The largest absolute Gasteiger partial charge is 0.480 e. The molecule has 0 saturated carbocycles. The Kier molecular flexibility index (Phi) is 2.22. The minimum Gasteiger partial charge on any atom is -0.480 e. The van der Waals surface area contributed by atoms with Crippen LogP contribution in [-0.4, -0.2) is 16.9 Å². The van der Waals surface area contributed by atoms with Crippen molar-refractivity contribution in [1.82, 2.24) is 0 Å². The molecule has 17 heavy (non-hydrogen) atoms. The molecular weight excluding hydrogens is 216 g/mol. The first-order chi connectivity index (χ1) is 7.72. The lowest BCUT2D eigenvalue weighted by molar-refractivity contribution is -0.148. The Hall–Kier alpha value is -1.64. The van der Waals surface area contributed by atoms with Crippen LogP contribution in [-0.2, 0) is 9.59 Å². The molecule has 3 heteroatoms. The van der Waals surface area contributed by atoms with Gasteiger partial charge in [-0.25, -0.2) is 0 Å². The average Bonchev–Trinajstić information content (AvgIpc) is 2.68. The summed E-state index contributed by atoms with van der Waals surface area (Å²) in [5.74, 6) is -1.40. The Morgan fingerprint density at radius 1 is 1.24 bits per heavy atom. The molecule has 0 aliphatic heterocycles. The minimum absolute atomic E-state index is 0.155. The zero-order valence-corrected chi connectivity index (χ0v) is 10.5. The van der Waals surface area contributed by atoms with E-state index in [0.717, 1.165) is 5.57 Å². The van der Waals surface area contributed by atoms with E-state index in [9.17, 15) is 14.7 Å². The second-order valence-corrected chi connectivity index (χ2v) is 5.62. The van der Waals surface area contributed by atoms with Crippen molar-refractivity contribution >= 4 is 11.8 Å². The first-order valence-corrected chi connectivity index (χ1v) is 5.62. The number of carboxylic acids is 1. The van der Waals surface area contributed by atoms with Gasteiger partial charge >= 0.3 is 5.97 Å². The van der Waals surface area contributed by atoms with Crippen molar-refractivity contribution in [3.63, 3.8) is 0 Å². The molecule has 0 heterocycles. The van der Waals surface area contributed by atoms with E-state index in [1.165, 1.54) is 6.92 Å². The van der Waals surface area contributed by atoms with Gasteiger partial charge in [-0.1, -0.05) is 39.0 Å². The summed E-state index contributed by atoms with van der Waals surface area (Å²) in [6.07, 6.45) is 5.36. The predicted octanol–water partition coefficient (Wildman–Crippen LogP) is 2.50. The van der Waals surface area contributed by atoms with Crippen molar-refractivity contribution in [1.29, 1.82) is 0 Å². The summed E-state index contributed by atoms with van der Waals surface area (Å²) in [5.41, 5.74) is 0.589. The second kappa shape index (κ2) is 3.19. The Bertz CT molecular complexity index is 496. The van der Waals surface area contributed by atoms with Crippen LogP contribution in [0.1, 0.15) is 27.7 Å². The van der Waals surface area contributed by atoms with Crippen molar-refractivity contribution in [2.45, 2.75) is 27.7 Å². The van der Waals surface area contributed by atoms with Crippen LogP contribution in [0.5, 0.6) is 0 Å². The first-order valence-electron chi connectivity index (χ1n) is 5.62. The van der Waals surface area contributed by atoms with Crippen LogP contribution in [0, 0.1) is 10.8 Å². The maximum absolute atomic E-state index is 11.8. The van der Waals surface area contributed by atoms with E-state index in [-0.39, 0.29) is 11.2 Å². The van der Waals surface area contributed by atoms with E-state index < -0.39 is 11.4 Å². The third-order valence-electron chi connectivity index (χ3n) is 3.51. The number of rotatable bonds is 2. The van der Waals surface area contributed by atoms with Crippen molar-refractivity contribution in [3.8, 4) is 0 Å². The van der Waals surface area contributed by atoms with E-state index >= 15 is 0 Å². The van der Waals surface area contributed by atoms with Gasteiger partial charge in [0.1, 0.15) is 0 Å². The highest BCUT2D eigenvalue weighted by molar-refractivity contribution is 6.12. The van der Waals surface area contributed by atoms with Gasteiger partial charge in [-0.15, -0.1) is 0 Å². The molecular formula is C14H16O3. The summed E-state index contributed by atoms with van der Waals surface area (Å²) in [7, 11) is 0. The Balaban J connectivity index is 2.72. The van der Waals surface area contributed by atoms with Gasteiger partial charge in [-0.05, 0) is 29.1 Å². The molecule has 0 amide bonds. The molecule has 0 spiro atoms. The van der Waals surface area contributed by atoms with Crippen molar-refractivity contribution in [2.75, 3.05) is 0 Å². The second-order valence-electron chi connectivity index (χ2n) is 5.62. The van der Waals surface area contributed by atoms with Gasteiger partial charge in [0.25, 0.3) is 0 Å². The van der Waals surface area contributed by atoms with Crippen LogP contribution in [0.2, 0.25) is 0 Å². The van der Waals surface area contributed by atoms with Crippen LogP contribution < -0.4 is 0 Å². The number of hydrogen-bond donors (Lipinski definition) is 1. The van der Waals surface area contributed by atoms with Gasteiger partial charge in [0.15, 0.2) is 11.2 Å². The van der Waals surface area contributed by atoms with E-state index in [0.29, 0.717) is 11.1 Å². The number of fused-ring (bicyclic) bond motifs is 2. The molecule has 0 fully saturated rings. The molecule has 0 radical (unpaired) electrons. The summed E-state index contributed by atoms with van der Waals surface area (Å²) in [6, 6.07) is 0. The molecule has 3 nitrogen and oxygen atoms in total. The zero-order valence-electron chi connectivity index (χ0n) is 10.5. The summed E-state index contributed by atoms with van der Waals surface area (Å²) >= 11 is 0. The van der Waals surface area contributed by atoms with Crippen molar-refractivity contribution in [2.24, 2.45) is 10.8 Å². The molecule has 0 aromatic heterocycles. The fraction of sp³-hybridized carbons (Fsp3) is 0.429. The fourth-order valence-corrected chi connectivity index (χ4v) is 2.66. The smallest absolute Gasteiger partial charge is 0.326 e. The summed E-state index contributed by atoms with van der Waals surface area (Å²) in [5, 5.41) is 9.46. The minimum atomic E-state index is -1.44. The van der Waals surface area contributed by atoms with Gasteiger partial charge in [0.05, 0.1) is 0 Å². The fourth-order valence-electron chi connectivity index (χ4n) is 2.66. The van der Waals surface area contributed by atoms with E-state index in [1.54, 1.807) is 12.2 Å². The number of carbonyl (C=O) groups excluding carboxylic acids is 1. The molecule has 1 atom stereocenters. The first kappa shape index (κ1) is 11.8. The molecule has 2 aliphatic rings. The van der Waals surface area contributed by atoms with E-state index in [1.807, 2.05) is 26.8 Å². The van der Waals surface area contributed by atoms with E-state index in [4.69, 9.17) is 0 Å². The maximum Gasteiger partial charge on any atom is 0.326 e. The van der Waals surface area contributed by atoms with Crippen LogP contribution in [0.4, 0.5) is 0 Å². The van der Waals surface area contributed by atoms with Crippen LogP contribution >= 0.6 is 0 Å². The molecule has 90 valence electrons. The highest BCUT2D eigenvalue weighted by Gasteiger charge is 2.55. The van der Waals surface area contributed by atoms with Gasteiger partial charge < -0.3 is 5.11 Å². The molecule has 0 saturated heterocycles. The number of hydrogen-bond acceptors (Lipinski definition) is 2. The summed E-state index contributed by atoms with van der Waals surface area (Å²) in [6.45, 7) is 7.41. The predicted molar refractivity (Wildman–Crippen MR) is 64.5 cm³/mol. The Labute approximate surface area is 101 Å². The molecule has 2 aliphatic carbocycles. The highest BCUT2D eigenvalue weighted by Crippen LogP contribution is 2.54. The highest BCUT2D eigenvalue weighted by atomic mass is 16.4. The van der Waals surface area contributed by atoms with E-state index in [2.05, 4.69) is 0 Å². The molecule has 2 bridgehead atoms. The van der Waals surface area contributed by atoms with Crippen molar-refractivity contribution < 1.29 is 14.7 Å². The standard InChI is InChI=1S/C14H16O3/c1-8(15)14(12(16)17)9-5-6-10(14)11(7-9)13(2,3)4/h5-7H,1-4H3,(H,16,17). The lowest BCUT2D eigenvalue weighted by atomic mass is 9.75. The normalized spacial score (nSPS) is 26.5. The summed E-state index contributed by atoms with van der Waals surface area (Å²) < 4.78 is 0. The molecule has 1 unspecified atom stereocenters. The van der Waals surface area contributed by atoms with Crippen molar-refractivity contribution in [3.05, 3.63) is 34.9 Å².